The Labute approximate surface area is 107 Å². The monoisotopic (exact) mass is 241 g/mol. The summed E-state index contributed by atoms with van der Waals surface area (Å²) in [4.78, 5) is 2.04. The van der Waals surface area contributed by atoms with E-state index in [1.54, 1.807) is 6.08 Å². The van der Waals surface area contributed by atoms with E-state index >= 15 is 0 Å². The minimum Gasteiger partial charge on any atom is -0.395 e. The molecular formula is C14H15N3O. The molecule has 0 saturated heterocycles. The summed E-state index contributed by atoms with van der Waals surface area (Å²) in [7, 11) is 0. The lowest BCUT2D eigenvalue weighted by Crippen LogP contribution is -2.25. The number of likely N-dealkylation sites (N-methyl/N-ethyl adjacent to an activating group) is 1. The smallest absolute Gasteiger partial charge is 0.130 e. The first-order valence-corrected chi connectivity index (χ1v) is 5.73. The number of anilines is 1. The molecule has 4 heteroatoms. The molecule has 0 fully saturated rings. The molecule has 0 atom stereocenters. The van der Waals surface area contributed by atoms with Crippen LogP contribution >= 0.6 is 0 Å². The van der Waals surface area contributed by atoms with Gasteiger partial charge in [-0.3, -0.25) is 0 Å². The van der Waals surface area contributed by atoms with Crippen LogP contribution in [0.4, 0.5) is 5.69 Å². The molecule has 0 amide bonds. The molecule has 4 nitrogen and oxygen atoms in total. The van der Waals surface area contributed by atoms with Gasteiger partial charge in [0, 0.05) is 18.8 Å². The van der Waals surface area contributed by atoms with Gasteiger partial charge in [0.15, 0.2) is 0 Å². The van der Waals surface area contributed by atoms with Crippen LogP contribution in [0.25, 0.3) is 6.08 Å². The van der Waals surface area contributed by atoms with Gasteiger partial charge in [-0.15, -0.1) is 0 Å². The summed E-state index contributed by atoms with van der Waals surface area (Å²) in [5, 5.41) is 26.3. The zero-order valence-corrected chi connectivity index (χ0v) is 10.3. The number of rotatable bonds is 5. The molecule has 1 N–H and O–H groups in total. The van der Waals surface area contributed by atoms with Crippen molar-refractivity contribution in [1.29, 1.82) is 10.5 Å². The highest BCUT2D eigenvalue weighted by Crippen LogP contribution is 2.16. The minimum atomic E-state index is 0.0884. The van der Waals surface area contributed by atoms with Gasteiger partial charge in [0.25, 0.3) is 0 Å². The lowest BCUT2D eigenvalue weighted by molar-refractivity contribution is 0.302. The Hall–Kier alpha value is -2.30. The predicted octanol–water partition coefficient (Wildman–Crippen LogP) is 1.94. The molecule has 1 aromatic carbocycles. The van der Waals surface area contributed by atoms with Crippen LogP contribution in [0.3, 0.4) is 0 Å². The average molecular weight is 241 g/mol. The Kier molecular flexibility index (Phi) is 5.44. The fraction of sp³-hybridized carbons (Fsp3) is 0.286. The number of hydrogen-bond acceptors (Lipinski definition) is 4. The van der Waals surface area contributed by atoms with Gasteiger partial charge in [0.05, 0.1) is 6.61 Å². The number of aliphatic hydroxyl groups is 1. The number of hydrogen-bond donors (Lipinski definition) is 1. The van der Waals surface area contributed by atoms with E-state index in [9.17, 15) is 0 Å². The highest BCUT2D eigenvalue weighted by atomic mass is 16.3. The summed E-state index contributed by atoms with van der Waals surface area (Å²) in [6, 6.07) is 11.2. The summed E-state index contributed by atoms with van der Waals surface area (Å²) >= 11 is 0. The van der Waals surface area contributed by atoms with Crippen molar-refractivity contribution in [2.75, 3.05) is 24.6 Å². The van der Waals surface area contributed by atoms with Crippen LogP contribution in [0, 0.1) is 22.7 Å². The number of allylic oxidation sites excluding steroid dienone is 1. The quantitative estimate of drug-likeness (QED) is 0.800. The maximum absolute atomic E-state index is 8.94. The Bertz CT molecular complexity index is 475. The van der Waals surface area contributed by atoms with Crippen molar-refractivity contribution in [3.8, 4) is 12.1 Å². The molecule has 0 bridgehead atoms. The molecule has 0 radical (unpaired) electrons. The summed E-state index contributed by atoms with van der Waals surface area (Å²) < 4.78 is 0. The molecule has 0 unspecified atom stereocenters. The molecule has 18 heavy (non-hydrogen) atoms. The molecule has 0 aliphatic heterocycles. The van der Waals surface area contributed by atoms with E-state index < -0.39 is 0 Å². The second-order valence-corrected chi connectivity index (χ2v) is 3.68. The van der Waals surface area contributed by atoms with Crippen molar-refractivity contribution in [3.05, 3.63) is 35.4 Å². The maximum Gasteiger partial charge on any atom is 0.130 e. The Morgan fingerprint density at radius 3 is 2.33 bits per heavy atom. The first kappa shape index (κ1) is 13.8. The van der Waals surface area contributed by atoms with Crippen LogP contribution < -0.4 is 4.90 Å². The van der Waals surface area contributed by atoms with Crippen LogP contribution in [-0.4, -0.2) is 24.8 Å². The third-order valence-corrected chi connectivity index (χ3v) is 2.56. The minimum absolute atomic E-state index is 0.0884. The van der Waals surface area contributed by atoms with Gasteiger partial charge >= 0.3 is 0 Å². The predicted molar refractivity (Wildman–Crippen MR) is 70.6 cm³/mol. The molecule has 0 aromatic heterocycles. The Morgan fingerprint density at radius 2 is 1.89 bits per heavy atom. The third kappa shape index (κ3) is 3.62. The van der Waals surface area contributed by atoms with Crippen LogP contribution in [0.2, 0.25) is 0 Å². The van der Waals surface area contributed by atoms with E-state index in [1.807, 2.05) is 48.2 Å². The fourth-order valence-corrected chi connectivity index (χ4v) is 1.63. The van der Waals surface area contributed by atoms with E-state index in [1.165, 1.54) is 0 Å². The van der Waals surface area contributed by atoms with E-state index in [0.717, 1.165) is 17.8 Å². The van der Waals surface area contributed by atoms with Crippen LogP contribution in [-0.2, 0) is 0 Å². The fourth-order valence-electron chi connectivity index (χ4n) is 1.63. The normalized spacial score (nSPS) is 9.11. The maximum atomic E-state index is 8.94. The first-order valence-electron chi connectivity index (χ1n) is 5.73. The lowest BCUT2D eigenvalue weighted by Gasteiger charge is -2.21. The van der Waals surface area contributed by atoms with Gasteiger partial charge in [-0.25, -0.2) is 0 Å². The van der Waals surface area contributed by atoms with Gasteiger partial charge in [0.2, 0.25) is 0 Å². The average Bonchev–Trinajstić information content (AvgIpc) is 2.43. The van der Waals surface area contributed by atoms with Gasteiger partial charge in [-0.1, -0.05) is 12.1 Å². The molecule has 1 rings (SSSR count). The first-order chi connectivity index (χ1) is 8.74. The lowest BCUT2D eigenvalue weighted by atomic mass is 10.1. The number of nitrogens with zero attached hydrogens (tertiary/aromatic N) is 3. The summed E-state index contributed by atoms with van der Waals surface area (Å²) in [6.07, 6.45) is 1.55. The van der Waals surface area contributed by atoms with Crippen LogP contribution in [0.1, 0.15) is 12.5 Å². The topological polar surface area (TPSA) is 71.0 Å². The van der Waals surface area contributed by atoms with Crippen molar-refractivity contribution in [2.45, 2.75) is 6.92 Å². The summed E-state index contributed by atoms with van der Waals surface area (Å²) in [5.74, 6) is 0. The van der Waals surface area contributed by atoms with Crippen molar-refractivity contribution in [3.63, 3.8) is 0 Å². The number of benzene rings is 1. The van der Waals surface area contributed by atoms with E-state index in [2.05, 4.69) is 0 Å². The largest absolute Gasteiger partial charge is 0.395 e. The molecule has 0 spiro atoms. The number of aliphatic hydroxyl groups excluding tert-OH is 1. The molecule has 0 aliphatic carbocycles. The molecule has 92 valence electrons. The molecule has 0 saturated carbocycles. The van der Waals surface area contributed by atoms with E-state index in [0.29, 0.717) is 6.54 Å². The summed E-state index contributed by atoms with van der Waals surface area (Å²) in [6.45, 7) is 3.54. The van der Waals surface area contributed by atoms with Crippen molar-refractivity contribution < 1.29 is 5.11 Å². The molecular weight excluding hydrogens is 226 g/mol. The standard InChI is InChI=1S/C14H15N3O/c1-2-17(7-8-18)14-5-3-12(4-6-14)9-13(10-15)11-16/h3-6,9,18H,2,7-8H2,1H3. The van der Waals surface area contributed by atoms with Gasteiger partial charge in [0.1, 0.15) is 17.7 Å². The Morgan fingerprint density at radius 1 is 1.28 bits per heavy atom. The van der Waals surface area contributed by atoms with Crippen molar-refractivity contribution in [1.82, 2.24) is 0 Å². The number of nitriles is 2. The van der Waals surface area contributed by atoms with Crippen molar-refractivity contribution >= 4 is 11.8 Å². The second-order valence-electron chi connectivity index (χ2n) is 3.68. The van der Waals surface area contributed by atoms with Crippen LogP contribution in [0.5, 0.6) is 0 Å². The van der Waals surface area contributed by atoms with Gasteiger partial charge < -0.3 is 10.0 Å². The molecule has 0 aliphatic rings. The highest BCUT2D eigenvalue weighted by Gasteiger charge is 2.02. The second kappa shape index (κ2) is 7.11. The van der Waals surface area contributed by atoms with Gasteiger partial charge in [-0.2, -0.15) is 10.5 Å². The van der Waals surface area contributed by atoms with Gasteiger partial charge in [-0.05, 0) is 30.7 Å². The van der Waals surface area contributed by atoms with Crippen LogP contribution in [0.15, 0.2) is 29.8 Å². The van der Waals surface area contributed by atoms with Crippen molar-refractivity contribution in [2.24, 2.45) is 0 Å². The zero-order chi connectivity index (χ0) is 13.4. The zero-order valence-electron chi connectivity index (χ0n) is 10.3. The Balaban J connectivity index is 2.90. The third-order valence-electron chi connectivity index (χ3n) is 2.56. The van der Waals surface area contributed by atoms with E-state index in [-0.39, 0.29) is 12.2 Å². The molecule has 1 aromatic rings. The molecule has 0 heterocycles. The van der Waals surface area contributed by atoms with E-state index in [4.69, 9.17) is 15.6 Å². The summed E-state index contributed by atoms with van der Waals surface area (Å²) in [5.41, 5.74) is 1.92. The highest BCUT2D eigenvalue weighted by molar-refractivity contribution is 5.63. The SMILES string of the molecule is CCN(CCO)c1ccc(C=C(C#N)C#N)cc1.